The fraction of sp³-hybridized carbons (Fsp3) is 0.250. The molecule has 19 heavy (non-hydrogen) atoms. The van der Waals surface area contributed by atoms with Crippen molar-refractivity contribution in [3.8, 4) is 11.8 Å². The molecule has 1 aromatic heterocycles. The zero-order valence-corrected chi connectivity index (χ0v) is 9.09. The molecule has 0 aliphatic heterocycles. The van der Waals surface area contributed by atoms with Crippen LogP contribution in [0.15, 0.2) is 6.07 Å². The number of pyridine rings is 1. The number of hydrogen-bond donors (Lipinski definition) is 1. The molecule has 11 heteroatoms. The molecule has 1 aromatic rings. The Morgan fingerprint density at radius 2 is 2.11 bits per heavy atom. The molecular weight excluding hydrogens is 277 g/mol. The quantitative estimate of drug-likeness (QED) is 0.659. The molecule has 1 rings (SSSR count). The zero-order valence-electron chi connectivity index (χ0n) is 9.09. The Morgan fingerprint density at radius 3 is 2.47 bits per heavy atom. The van der Waals surface area contributed by atoms with E-state index in [0.29, 0.717) is 0 Å². The van der Waals surface area contributed by atoms with Gasteiger partial charge in [0.05, 0.1) is 12.0 Å². The van der Waals surface area contributed by atoms with Gasteiger partial charge in [0.15, 0.2) is 0 Å². The molecule has 0 saturated heterocycles. The Balaban J connectivity index is 3.45. The van der Waals surface area contributed by atoms with Gasteiger partial charge in [-0.15, -0.1) is 13.2 Å². The van der Waals surface area contributed by atoms with Crippen LogP contribution in [0.3, 0.4) is 0 Å². The number of halogens is 3. The Bertz CT molecular complexity index is 530. The van der Waals surface area contributed by atoms with Crippen LogP contribution >= 0.6 is 0 Å². The second kappa shape index (κ2) is 4.96. The number of nitrogens with zero attached hydrogens (tertiary/aromatic N) is 2. The van der Waals surface area contributed by atoms with Crippen LogP contribution in [-0.2, 0) is 0 Å². The van der Waals surface area contributed by atoms with E-state index in [4.69, 9.17) is 5.11 Å². The summed E-state index contributed by atoms with van der Waals surface area (Å²) in [5.74, 6) is -3.89. The molecule has 0 unspecified atom stereocenters. The lowest BCUT2D eigenvalue weighted by atomic mass is 10.2. The van der Waals surface area contributed by atoms with E-state index in [-0.39, 0.29) is 6.07 Å². The summed E-state index contributed by atoms with van der Waals surface area (Å²) in [5.41, 5.74) is -2.10. The number of carboxylic acids is 1. The van der Waals surface area contributed by atoms with Crippen molar-refractivity contribution in [2.75, 3.05) is 7.11 Å². The summed E-state index contributed by atoms with van der Waals surface area (Å²) in [6.07, 6.45) is -5.12. The predicted octanol–water partition coefficient (Wildman–Crippen LogP) is 1.60. The highest BCUT2D eigenvalue weighted by atomic mass is 19.4. The van der Waals surface area contributed by atoms with E-state index in [2.05, 4.69) is 14.5 Å². The van der Waals surface area contributed by atoms with Crippen LogP contribution in [0.25, 0.3) is 0 Å². The maximum Gasteiger partial charge on any atom is 0.574 e. The van der Waals surface area contributed by atoms with Crippen molar-refractivity contribution in [1.82, 2.24) is 4.98 Å². The highest BCUT2D eigenvalue weighted by Crippen LogP contribution is 2.33. The minimum atomic E-state index is -5.12. The maximum absolute atomic E-state index is 12.0. The average molecular weight is 282 g/mol. The lowest BCUT2D eigenvalue weighted by Gasteiger charge is -2.10. The molecule has 0 spiro atoms. The van der Waals surface area contributed by atoms with Gasteiger partial charge in [-0.25, -0.2) is 4.79 Å². The third-order valence-electron chi connectivity index (χ3n) is 1.76. The van der Waals surface area contributed by atoms with Crippen molar-refractivity contribution in [2.24, 2.45) is 0 Å². The van der Waals surface area contributed by atoms with Gasteiger partial charge < -0.3 is 14.6 Å². The minimum Gasteiger partial charge on any atom is -0.477 e. The monoisotopic (exact) mass is 282 g/mol. The number of hydrogen-bond acceptors (Lipinski definition) is 6. The van der Waals surface area contributed by atoms with Gasteiger partial charge >= 0.3 is 18.0 Å². The van der Waals surface area contributed by atoms with E-state index < -0.39 is 40.3 Å². The number of methoxy groups -OCH3 is 1. The molecule has 0 saturated carbocycles. The van der Waals surface area contributed by atoms with E-state index in [1.807, 2.05) is 0 Å². The molecule has 0 radical (unpaired) electrons. The first-order valence-corrected chi connectivity index (χ1v) is 4.38. The number of rotatable bonds is 4. The largest absolute Gasteiger partial charge is 0.574 e. The summed E-state index contributed by atoms with van der Waals surface area (Å²) in [7, 11) is 0.887. The summed E-state index contributed by atoms with van der Waals surface area (Å²) < 4.78 is 43.7. The fourth-order valence-corrected chi connectivity index (χ4v) is 1.14. The van der Waals surface area contributed by atoms with Crippen LogP contribution in [0.2, 0.25) is 0 Å². The molecule has 0 atom stereocenters. The van der Waals surface area contributed by atoms with Crippen molar-refractivity contribution in [2.45, 2.75) is 6.36 Å². The lowest BCUT2D eigenvalue weighted by Crippen LogP contribution is -2.19. The number of alkyl halides is 3. The summed E-state index contributed by atoms with van der Waals surface area (Å²) in [6.45, 7) is 0. The van der Waals surface area contributed by atoms with E-state index in [9.17, 15) is 28.1 Å². The molecule has 0 bridgehead atoms. The molecule has 1 N–H and O–H groups in total. The second-order valence-electron chi connectivity index (χ2n) is 2.98. The van der Waals surface area contributed by atoms with Crippen LogP contribution in [0.4, 0.5) is 18.9 Å². The normalized spacial score (nSPS) is 10.9. The van der Waals surface area contributed by atoms with Crippen molar-refractivity contribution >= 4 is 11.7 Å². The van der Waals surface area contributed by atoms with Crippen LogP contribution in [0.5, 0.6) is 11.8 Å². The van der Waals surface area contributed by atoms with Gasteiger partial charge in [-0.05, 0) is 0 Å². The third-order valence-corrected chi connectivity index (χ3v) is 1.76. The smallest absolute Gasteiger partial charge is 0.477 e. The van der Waals surface area contributed by atoms with E-state index in [1.165, 1.54) is 0 Å². The predicted molar refractivity (Wildman–Crippen MR) is 51.1 cm³/mol. The van der Waals surface area contributed by atoms with Crippen LogP contribution in [-0.4, -0.2) is 34.5 Å². The lowest BCUT2D eigenvalue weighted by molar-refractivity contribution is -0.386. The average Bonchev–Trinajstić information content (AvgIpc) is 2.24. The second-order valence-corrected chi connectivity index (χ2v) is 2.98. The molecule has 0 fully saturated rings. The fourth-order valence-electron chi connectivity index (χ4n) is 1.14. The van der Waals surface area contributed by atoms with E-state index >= 15 is 0 Å². The molecule has 0 aliphatic carbocycles. The van der Waals surface area contributed by atoms with Gasteiger partial charge in [-0.2, -0.15) is 4.98 Å². The maximum atomic E-state index is 12.0. The van der Waals surface area contributed by atoms with Gasteiger partial charge in [0, 0.05) is 6.07 Å². The highest BCUT2D eigenvalue weighted by molar-refractivity contribution is 5.93. The first-order valence-electron chi connectivity index (χ1n) is 4.38. The first kappa shape index (κ1) is 14.5. The standard InChI is InChI=1S/C8H5F3N2O6/c1-18-6-5(13(16)17)3(7(14)15)2-4(12-6)19-8(9,10)11/h2H,1H3,(H,14,15). The van der Waals surface area contributed by atoms with Crippen molar-refractivity contribution < 1.29 is 37.5 Å². The summed E-state index contributed by atoms with van der Waals surface area (Å²) in [5, 5.41) is 19.4. The first-order chi connectivity index (χ1) is 8.65. The van der Waals surface area contributed by atoms with Crippen molar-refractivity contribution in [3.05, 3.63) is 21.7 Å². The molecule has 0 aromatic carbocycles. The Hall–Kier alpha value is -2.59. The van der Waals surface area contributed by atoms with Crippen LogP contribution in [0, 0.1) is 10.1 Å². The number of ether oxygens (including phenoxy) is 2. The van der Waals surface area contributed by atoms with Gasteiger partial charge in [0.2, 0.25) is 5.88 Å². The van der Waals surface area contributed by atoms with E-state index in [0.717, 1.165) is 7.11 Å². The molecular formula is C8H5F3N2O6. The third kappa shape index (κ3) is 3.43. The van der Waals surface area contributed by atoms with Crippen LogP contribution in [0.1, 0.15) is 10.4 Å². The van der Waals surface area contributed by atoms with Gasteiger partial charge in [-0.1, -0.05) is 0 Å². The molecule has 0 aliphatic rings. The van der Waals surface area contributed by atoms with Crippen LogP contribution < -0.4 is 9.47 Å². The molecule has 0 amide bonds. The molecule has 8 nitrogen and oxygen atoms in total. The topological polar surface area (TPSA) is 112 Å². The number of aromatic carboxylic acids is 1. The number of nitro groups is 1. The van der Waals surface area contributed by atoms with Crippen molar-refractivity contribution in [3.63, 3.8) is 0 Å². The molecule has 1 heterocycles. The Morgan fingerprint density at radius 1 is 1.53 bits per heavy atom. The van der Waals surface area contributed by atoms with Crippen molar-refractivity contribution in [1.29, 1.82) is 0 Å². The SMILES string of the molecule is COc1nc(OC(F)(F)F)cc(C(=O)O)c1[N+](=O)[O-]. The summed E-state index contributed by atoms with van der Waals surface area (Å²) in [6, 6.07) is 0.288. The van der Waals surface area contributed by atoms with Gasteiger partial charge in [0.25, 0.3) is 5.88 Å². The zero-order chi connectivity index (χ0) is 14.8. The van der Waals surface area contributed by atoms with Gasteiger partial charge in [-0.3, -0.25) is 10.1 Å². The molecule has 104 valence electrons. The number of carboxylic acid groups (broad SMARTS) is 1. The van der Waals surface area contributed by atoms with Gasteiger partial charge in [0.1, 0.15) is 5.56 Å². The summed E-state index contributed by atoms with van der Waals surface area (Å²) >= 11 is 0. The summed E-state index contributed by atoms with van der Waals surface area (Å²) in [4.78, 5) is 23.4. The number of carbonyl (C=O) groups is 1. The number of aromatic nitrogens is 1. The van der Waals surface area contributed by atoms with E-state index in [1.54, 1.807) is 0 Å². The highest BCUT2D eigenvalue weighted by Gasteiger charge is 2.35. The Kier molecular flexibility index (Phi) is 3.77. The minimum absolute atomic E-state index is 0.288. The Labute approximate surface area is 102 Å².